The van der Waals surface area contributed by atoms with Gasteiger partial charge in [0.2, 0.25) is 5.91 Å². The van der Waals surface area contributed by atoms with Crippen molar-refractivity contribution in [1.29, 1.82) is 0 Å². The number of hydrogen-bond donors (Lipinski definition) is 1. The van der Waals surface area contributed by atoms with E-state index in [1.807, 2.05) is 24.3 Å². The first-order valence-electron chi connectivity index (χ1n) is 16.7. The summed E-state index contributed by atoms with van der Waals surface area (Å²) in [5, 5.41) is 9.22. The Morgan fingerprint density at radius 1 is 0.889 bits per heavy atom. The van der Waals surface area contributed by atoms with Gasteiger partial charge < -0.3 is 10.1 Å². The van der Waals surface area contributed by atoms with E-state index in [2.05, 4.69) is 95.5 Å². The van der Waals surface area contributed by atoms with Gasteiger partial charge in [-0.05, 0) is 92.5 Å². The fraction of sp³-hybridized carbons (Fsp3) is 0.385. The van der Waals surface area contributed by atoms with Crippen molar-refractivity contribution in [3.05, 3.63) is 106 Å². The Hall–Kier alpha value is -4.00. The second-order valence-corrected chi connectivity index (χ2v) is 13.1. The second kappa shape index (κ2) is 13.2. The van der Waals surface area contributed by atoms with Crippen LogP contribution in [0, 0.1) is 0 Å². The maximum Gasteiger partial charge on any atom is 0.247 e. The van der Waals surface area contributed by atoms with Crippen molar-refractivity contribution in [1.82, 2.24) is 20.0 Å². The Morgan fingerprint density at radius 2 is 1.67 bits per heavy atom. The van der Waals surface area contributed by atoms with Crippen LogP contribution in [0.15, 0.2) is 78.4 Å². The van der Waals surface area contributed by atoms with Crippen LogP contribution in [0.5, 0.6) is 0 Å². The summed E-state index contributed by atoms with van der Waals surface area (Å²) in [7, 11) is 0. The fourth-order valence-corrected chi connectivity index (χ4v) is 7.33. The summed E-state index contributed by atoms with van der Waals surface area (Å²) < 4.78 is 8.26. The summed E-state index contributed by atoms with van der Waals surface area (Å²) in [6.45, 7) is 7.11. The molecule has 1 aromatic heterocycles. The number of piperidine rings is 1. The first kappa shape index (κ1) is 29.7. The Balaban J connectivity index is 1.17. The van der Waals surface area contributed by atoms with Gasteiger partial charge in [-0.3, -0.25) is 9.69 Å². The van der Waals surface area contributed by atoms with Crippen molar-refractivity contribution in [3.63, 3.8) is 0 Å². The third kappa shape index (κ3) is 6.40. The van der Waals surface area contributed by atoms with Crippen molar-refractivity contribution in [2.45, 2.75) is 83.1 Å². The highest BCUT2D eigenvalue weighted by atomic mass is 16.5. The Labute approximate surface area is 266 Å². The molecule has 3 saturated heterocycles. The summed E-state index contributed by atoms with van der Waals surface area (Å²) in [5.41, 5.74) is 7.44. The molecule has 0 spiro atoms. The molecule has 1 amide bonds. The molecule has 4 heterocycles. The van der Waals surface area contributed by atoms with E-state index in [-0.39, 0.29) is 18.1 Å². The topological polar surface area (TPSA) is 59.4 Å². The molecule has 0 bridgehead atoms. The quantitative estimate of drug-likeness (QED) is 0.219. The van der Waals surface area contributed by atoms with Crippen LogP contribution in [0.1, 0.15) is 92.5 Å². The number of likely N-dealkylation sites (tertiary alicyclic amines) is 1. The van der Waals surface area contributed by atoms with Gasteiger partial charge in [-0.2, -0.15) is 5.10 Å². The zero-order valence-electron chi connectivity index (χ0n) is 26.5. The maximum atomic E-state index is 12.9. The zero-order chi connectivity index (χ0) is 30.8. The highest BCUT2D eigenvalue weighted by Crippen LogP contribution is 2.33. The van der Waals surface area contributed by atoms with E-state index in [1.165, 1.54) is 24.8 Å². The molecule has 4 aromatic rings. The minimum atomic E-state index is -0.0861. The summed E-state index contributed by atoms with van der Waals surface area (Å²) >= 11 is 0. The number of hydrogen-bond acceptors (Lipinski definition) is 4. The van der Waals surface area contributed by atoms with Crippen LogP contribution in [0.25, 0.3) is 29.1 Å². The summed E-state index contributed by atoms with van der Waals surface area (Å²) in [5.74, 6) is 0.0418. The van der Waals surface area contributed by atoms with E-state index in [0.717, 1.165) is 71.3 Å². The molecule has 2 unspecified atom stereocenters. The fourth-order valence-electron chi connectivity index (χ4n) is 7.33. The van der Waals surface area contributed by atoms with E-state index >= 15 is 0 Å². The number of aromatic nitrogens is 2. The van der Waals surface area contributed by atoms with E-state index in [9.17, 15) is 4.79 Å². The van der Waals surface area contributed by atoms with Crippen molar-refractivity contribution in [3.8, 4) is 0 Å². The minimum Gasteiger partial charge on any atom is -0.356 e. The van der Waals surface area contributed by atoms with Gasteiger partial charge in [-0.15, -0.1) is 0 Å². The third-order valence-electron chi connectivity index (χ3n) is 9.97. The molecular formula is C39H44N4O2. The predicted molar refractivity (Wildman–Crippen MR) is 182 cm³/mol. The first-order valence-corrected chi connectivity index (χ1v) is 16.7. The largest absolute Gasteiger partial charge is 0.356 e. The van der Waals surface area contributed by atoms with Crippen LogP contribution < -0.4 is 5.32 Å². The standard InChI is InChI=1S/C39H44N4O2/c1-27-9-8-10-28(2)42(27)26-30-16-14-29(15-17-30)19-21-36-33-20-18-31(24-37(33)43(41-36)38-13-6-7-22-45-38)23-34-35(25-40-39(34)44)32-11-4-3-5-12-32/h3-5,11-12,14-21,23-24,27-28,35,38H,6-10,13,22,25-26H2,1-2H3,(H,40,44)/b21-19+,34-23?/t27-,28+,35?,38?. The molecule has 0 saturated carbocycles. The summed E-state index contributed by atoms with van der Waals surface area (Å²) in [6.07, 6.45) is 13.3. The van der Waals surface area contributed by atoms with Crippen molar-refractivity contribution < 1.29 is 9.53 Å². The molecule has 0 aliphatic carbocycles. The number of ether oxygens (including phenoxy) is 1. The van der Waals surface area contributed by atoms with Gasteiger partial charge in [0.25, 0.3) is 0 Å². The van der Waals surface area contributed by atoms with Gasteiger partial charge in [0.15, 0.2) is 6.23 Å². The lowest BCUT2D eigenvalue weighted by Crippen LogP contribution is -2.42. The smallest absolute Gasteiger partial charge is 0.247 e. The molecule has 232 valence electrons. The molecule has 45 heavy (non-hydrogen) atoms. The first-order chi connectivity index (χ1) is 22.0. The number of carbonyl (C=O) groups excluding carboxylic acids is 1. The average Bonchev–Trinajstić information content (AvgIpc) is 3.62. The molecule has 3 aromatic carbocycles. The number of carbonyl (C=O) groups is 1. The Bertz CT molecular complexity index is 1690. The molecule has 3 fully saturated rings. The molecule has 1 N–H and O–H groups in total. The molecule has 3 aliphatic heterocycles. The van der Waals surface area contributed by atoms with Gasteiger partial charge >= 0.3 is 0 Å². The summed E-state index contributed by atoms with van der Waals surface area (Å²) in [6, 6.07) is 26.9. The molecule has 6 heteroatoms. The van der Waals surface area contributed by atoms with E-state index in [4.69, 9.17) is 9.84 Å². The van der Waals surface area contributed by atoms with Crippen LogP contribution in [-0.2, 0) is 16.1 Å². The third-order valence-corrected chi connectivity index (χ3v) is 9.97. The SMILES string of the molecule is C[C@@H]1CCC[C@H](C)N1Cc1ccc(/C=C/c2nn(C3CCCCO3)c3cc(C=C4C(=O)NCC4c4ccccc4)ccc23)cc1. The highest BCUT2D eigenvalue weighted by Gasteiger charge is 2.29. The van der Waals surface area contributed by atoms with Gasteiger partial charge in [-0.1, -0.05) is 73.2 Å². The lowest BCUT2D eigenvalue weighted by atomic mass is 9.92. The normalized spacial score (nSPS) is 25.4. The van der Waals surface area contributed by atoms with Crippen LogP contribution in [-0.4, -0.2) is 45.8 Å². The Kier molecular flexibility index (Phi) is 8.68. The van der Waals surface area contributed by atoms with Crippen molar-refractivity contribution in [2.75, 3.05) is 13.2 Å². The Morgan fingerprint density at radius 3 is 2.42 bits per heavy atom. The van der Waals surface area contributed by atoms with Gasteiger partial charge in [0, 0.05) is 48.7 Å². The molecule has 7 rings (SSSR count). The zero-order valence-corrected chi connectivity index (χ0v) is 26.5. The monoisotopic (exact) mass is 600 g/mol. The molecular weight excluding hydrogens is 556 g/mol. The average molecular weight is 601 g/mol. The lowest BCUT2D eigenvalue weighted by Gasteiger charge is -2.39. The van der Waals surface area contributed by atoms with E-state index < -0.39 is 0 Å². The number of benzene rings is 3. The minimum absolute atomic E-state index is 0.00247. The van der Waals surface area contributed by atoms with Crippen LogP contribution in [0.4, 0.5) is 0 Å². The highest BCUT2D eigenvalue weighted by molar-refractivity contribution is 6.02. The van der Waals surface area contributed by atoms with Crippen molar-refractivity contribution in [2.24, 2.45) is 0 Å². The maximum absolute atomic E-state index is 12.9. The predicted octanol–water partition coefficient (Wildman–Crippen LogP) is 7.97. The van der Waals surface area contributed by atoms with Crippen LogP contribution in [0.3, 0.4) is 0 Å². The summed E-state index contributed by atoms with van der Waals surface area (Å²) in [4.78, 5) is 15.5. The molecule has 0 radical (unpaired) electrons. The van der Waals surface area contributed by atoms with E-state index in [0.29, 0.717) is 18.6 Å². The number of amides is 1. The number of nitrogens with zero attached hydrogens (tertiary/aromatic N) is 3. The van der Waals surface area contributed by atoms with E-state index in [1.54, 1.807) is 0 Å². The van der Waals surface area contributed by atoms with Crippen LogP contribution >= 0.6 is 0 Å². The van der Waals surface area contributed by atoms with Crippen molar-refractivity contribution >= 4 is 35.0 Å². The number of fused-ring (bicyclic) bond motifs is 1. The van der Waals surface area contributed by atoms with Gasteiger partial charge in [0.05, 0.1) is 11.2 Å². The second-order valence-electron chi connectivity index (χ2n) is 13.1. The van der Waals surface area contributed by atoms with Gasteiger partial charge in [-0.25, -0.2) is 4.68 Å². The molecule has 3 aliphatic rings. The van der Waals surface area contributed by atoms with Crippen LogP contribution in [0.2, 0.25) is 0 Å². The lowest BCUT2D eigenvalue weighted by molar-refractivity contribution is -0.116. The van der Waals surface area contributed by atoms with Gasteiger partial charge in [0.1, 0.15) is 0 Å². The number of rotatable bonds is 7. The number of nitrogens with one attached hydrogen (secondary N) is 1. The molecule has 4 atom stereocenters. The molecule has 6 nitrogen and oxygen atoms in total.